The van der Waals surface area contributed by atoms with Gasteiger partial charge in [0.2, 0.25) is 0 Å². The van der Waals surface area contributed by atoms with Crippen molar-refractivity contribution < 1.29 is 9.47 Å². The third-order valence-electron chi connectivity index (χ3n) is 5.23. The van der Waals surface area contributed by atoms with E-state index in [0.29, 0.717) is 12.6 Å². The van der Waals surface area contributed by atoms with Crippen LogP contribution in [0.5, 0.6) is 5.75 Å². The first-order valence-corrected chi connectivity index (χ1v) is 9.70. The molecule has 0 radical (unpaired) electrons. The number of nitrogens with one attached hydrogen (secondary N) is 1. The Balaban J connectivity index is 0.00000261. The number of hydrogen-bond acceptors (Lipinski definition) is 4. The van der Waals surface area contributed by atoms with Crippen molar-refractivity contribution in [3.05, 3.63) is 29.3 Å². The molecule has 1 aromatic rings. The minimum absolute atomic E-state index is 0. The standard InChI is InChI=1S/C20H32N4O2.HI/c1-4-21-20(22-14-17-5-6-19(25-3)16(2)13-17)24-8-7-18(15-24)23-9-11-26-12-10-23;/h5-6,13,18H,4,7-12,14-15H2,1-3H3,(H,21,22);1H. The third kappa shape index (κ3) is 5.96. The van der Waals surface area contributed by atoms with Crippen LogP contribution in [-0.2, 0) is 11.3 Å². The lowest BCUT2D eigenvalue weighted by atomic mass is 10.1. The first-order chi connectivity index (χ1) is 12.7. The minimum atomic E-state index is 0. The van der Waals surface area contributed by atoms with Crippen LogP contribution in [0, 0.1) is 6.92 Å². The second-order valence-electron chi connectivity index (χ2n) is 7.01. The van der Waals surface area contributed by atoms with Crippen molar-refractivity contribution >= 4 is 29.9 Å². The van der Waals surface area contributed by atoms with Gasteiger partial charge in [0.05, 0.1) is 26.9 Å². The molecule has 2 aliphatic heterocycles. The molecule has 27 heavy (non-hydrogen) atoms. The normalized spacial score (nSPS) is 21.1. The fourth-order valence-electron chi connectivity index (χ4n) is 3.81. The summed E-state index contributed by atoms with van der Waals surface area (Å²) in [6.07, 6.45) is 1.20. The molecule has 1 N–H and O–H groups in total. The van der Waals surface area contributed by atoms with E-state index in [0.717, 1.165) is 63.2 Å². The fraction of sp³-hybridized carbons (Fsp3) is 0.650. The summed E-state index contributed by atoms with van der Waals surface area (Å²) >= 11 is 0. The SMILES string of the molecule is CCNC(=NCc1ccc(OC)c(C)c1)N1CCC(N2CCOCC2)C1.I. The summed E-state index contributed by atoms with van der Waals surface area (Å²) in [4.78, 5) is 9.86. The van der Waals surface area contributed by atoms with Gasteiger partial charge in [0.1, 0.15) is 5.75 Å². The molecule has 2 aliphatic rings. The molecule has 0 aliphatic carbocycles. The lowest BCUT2D eigenvalue weighted by Gasteiger charge is -2.32. The molecule has 0 amide bonds. The van der Waals surface area contributed by atoms with Crippen LogP contribution in [0.4, 0.5) is 0 Å². The van der Waals surface area contributed by atoms with Crippen molar-refractivity contribution in [2.45, 2.75) is 32.9 Å². The molecule has 1 unspecified atom stereocenters. The maximum Gasteiger partial charge on any atom is 0.194 e. The van der Waals surface area contributed by atoms with Gasteiger partial charge in [-0.3, -0.25) is 4.90 Å². The molecule has 0 bridgehead atoms. The minimum Gasteiger partial charge on any atom is -0.496 e. The van der Waals surface area contributed by atoms with E-state index in [1.165, 1.54) is 12.0 Å². The number of morpholine rings is 1. The Bertz CT molecular complexity index is 620. The zero-order chi connectivity index (χ0) is 18.4. The summed E-state index contributed by atoms with van der Waals surface area (Å²) in [6, 6.07) is 6.90. The van der Waals surface area contributed by atoms with E-state index < -0.39 is 0 Å². The molecule has 1 atom stereocenters. The lowest BCUT2D eigenvalue weighted by Crippen LogP contribution is -2.46. The second kappa shape index (κ2) is 11.1. The van der Waals surface area contributed by atoms with Gasteiger partial charge in [-0.15, -0.1) is 24.0 Å². The maximum absolute atomic E-state index is 5.49. The first-order valence-electron chi connectivity index (χ1n) is 9.70. The van der Waals surface area contributed by atoms with Gasteiger partial charge >= 0.3 is 0 Å². The number of benzene rings is 1. The topological polar surface area (TPSA) is 49.3 Å². The number of aliphatic imine (C=N–C) groups is 1. The van der Waals surface area contributed by atoms with Crippen molar-refractivity contribution in [1.82, 2.24) is 15.1 Å². The van der Waals surface area contributed by atoms with Gasteiger partial charge < -0.3 is 19.7 Å². The first kappa shape index (κ1) is 22.2. The number of rotatable bonds is 5. The van der Waals surface area contributed by atoms with Crippen LogP contribution in [0.15, 0.2) is 23.2 Å². The molecular formula is C20H33IN4O2. The fourth-order valence-corrected chi connectivity index (χ4v) is 3.81. The molecule has 6 nitrogen and oxygen atoms in total. The van der Waals surface area contributed by atoms with E-state index >= 15 is 0 Å². The van der Waals surface area contributed by atoms with E-state index in [2.05, 4.69) is 41.1 Å². The van der Waals surface area contributed by atoms with E-state index in [4.69, 9.17) is 14.5 Å². The smallest absolute Gasteiger partial charge is 0.194 e. The van der Waals surface area contributed by atoms with Crippen LogP contribution in [-0.4, -0.2) is 74.8 Å². The molecule has 3 rings (SSSR count). The number of halogens is 1. The highest BCUT2D eigenvalue weighted by molar-refractivity contribution is 14.0. The summed E-state index contributed by atoms with van der Waals surface area (Å²) in [5.41, 5.74) is 2.36. The molecule has 7 heteroatoms. The van der Waals surface area contributed by atoms with Gasteiger partial charge in [0, 0.05) is 38.8 Å². The zero-order valence-electron chi connectivity index (χ0n) is 16.7. The molecule has 2 fully saturated rings. The Morgan fingerprint density at radius 3 is 2.74 bits per heavy atom. The summed E-state index contributed by atoms with van der Waals surface area (Å²) in [6.45, 7) is 11.7. The number of ether oxygens (including phenoxy) is 2. The Labute approximate surface area is 180 Å². The quantitative estimate of drug-likeness (QED) is 0.392. The van der Waals surface area contributed by atoms with Gasteiger partial charge in [0.15, 0.2) is 5.96 Å². The molecule has 0 saturated carbocycles. The Hall–Kier alpha value is -1.06. The molecule has 0 aromatic heterocycles. The van der Waals surface area contributed by atoms with Gasteiger partial charge in [-0.2, -0.15) is 0 Å². The molecular weight excluding hydrogens is 455 g/mol. The molecule has 2 saturated heterocycles. The molecule has 2 heterocycles. The highest BCUT2D eigenvalue weighted by Crippen LogP contribution is 2.20. The van der Waals surface area contributed by atoms with Crippen LogP contribution in [0.25, 0.3) is 0 Å². The Morgan fingerprint density at radius 1 is 1.30 bits per heavy atom. The van der Waals surface area contributed by atoms with Gasteiger partial charge in [-0.05, 0) is 37.5 Å². The average Bonchev–Trinajstić information content (AvgIpc) is 3.16. The van der Waals surface area contributed by atoms with Crippen LogP contribution in [0.3, 0.4) is 0 Å². The summed E-state index contributed by atoms with van der Waals surface area (Å²) in [5, 5.41) is 3.46. The molecule has 1 aromatic carbocycles. The lowest BCUT2D eigenvalue weighted by molar-refractivity contribution is 0.0195. The van der Waals surface area contributed by atoms with Crippen molar-refractivity contribution in [2.24, 2.45) is 4.99 Å². The molecule has 152 valence electrons. The second-order valence-corrected chi connectivity index (χ2v) is 7.01. The number of nitrogens with zero attached hydrogens (tertiary/aromatic N) is 3. The van der Waals surface area contributed by atoms with Crippen LogP contribution >= 0.6 is 24.0 Å². The van der Waals surface area contributed by atoms with Crippen LogP contribution < -0.4 is 10.1 Å². The van der Waals surface area contributed by atoms with Gasteiger partial charge in [-0.25, -0.2) is 4.99 Å². The predicted molar refractivity (Wildman–Crippen MR) is 120 cm³/mol. The molecule has 0 spiro atoms. The number of guanidine groups is 1. The van der Waals surface area contributed by atoms with Crippen LogP contribution in [0.1, 0.15) is 24.5 Å². The number of methoxy groups -OCH3 is 1. The number of likely N-dealkylation sites (tertiary alicyclic amines) is 1. The highest BCUT2D eigenvalue weighted by atomic mass is 127. The average molecular weight is 488 g/mol. The summed E-state index contributed by atoms with van der Waals surface area (Å²) < 4.78 is 10.8. The monoisotopic (exact) mass is 488 g/mol. The van der Waals surface area contributed by atoms with E-state index in [1.54, 1.807) is 7.11 Å². The van der Waals surface area contributed by atoms with E-state index in [-0.39, 0.29) is 24.0 Å². The van der Waals surface area contributed by atoms with Gasteiger partial charge in [-0.1, -0.05) is 12.1 Å². The Kier molecular flexibility index (Phi) is 9.11. The van der Waals surface area contributed by atoms with Crippen molar-refractivity contribution in [3.63, 3.8) is 0 Å². The van der Waals surface area contributed by atoms with Crippen molar-refractivity contribution in [3.8, 4) is 5.75 Å². The van der Waals surface area contributed by atoms with E-state index in [9.17, 15) is 0 Å². The van der Waals surface area contributed by atoms with Crippen LogP contribution in [0.2, 0.25) is 0 Å². The number of aryl methyl sites for hydroxylation is 1. The highest BCUT2D eigenvalue weighted by Gasteiger charge is 2.30. The van der Waals surface area contributed by atoms with E-state index in [1.807, 2.05) is 6.07 Å². The summed E-state index contributed by atoms with van der Waals surface area (Å²) in [7, 11) is 1.71. The van der Waals surface area contributed by atoms with Crippen molar-refractivity contribution in [1.29, 1.82) is 0 Å². The third-order valence-corrected chi connectivity index (χ3v) is 5.23. The maximum atomic E-state index is 5.49. The number of hydrogen-bond donors (Lipinski definition) is 1. The Morgan fingerprint density at radius 2 is 2.07 bits per heavy atom. The largest absolute Gasteiger partial charge is 0.496 e. The zero-order valence-corrected chi connectivity index (χ0v) is 19.1. The summed E-state index contributed by atoms with van der Waals surface area (Å²) in [5.74, 6) is 1.95. The van der Waals surface area contributed by atoms with Crippen molar-refractivity contribution in [2.75, 3.05) is 53.0 Å². The van der Waals surface area contributed by atoms with Gasteiger partial charge in [0.25, 0.3) is 0 Å². The predicted octanol–water partition coefficient (Wildman–Crippen LogP) is 2.49.